The Morgan fingerprint density at radius 2 is 1.77 bits per heavy atom. The van der Waals surface area contributed by atoms with Crippen LogP contribution in [0.4, 0.5) is 5.69 Å². The Balaban J connectivity index is 1.56. The minimum Gasteiger partial charge on any atom is -0.494 e. The number of hydrogen-bond donors (Lipinski definition) is 3. The van der Waals surface area contributed by atoms with E-state index in [-0.39, 0.29) is 16.9 Å². The lowest BCUT2D eigenvalue weighted by atomic mass is 10.2. The topological polar surface area (TPSA) is 92.6 Å². The fraction of sp³-hybridized carbons (Fsp3) is 0.174. The summed E-state index contributed by atoms with van der Waals surface area (Å²) < 4.78 is 10.8. The third-order valence-electron chi connectivity index (χ3n) is 4.18. The second-order valence-corrected chi connectivity index (χ2v) is 7.04. The zero-order valence-corrected chi connectivity index (χ0v) is 17.8. The molecule has 2 aromatic carbocycles. The average molecular weight is 438 g/mol. The second-order valence-electron chi connectivity index (χ2n) is 6.63. The van der Waals surface area contributed by atoms with E-state index in [1.807, 2.05) is 6.92 Å². The quantitative estimate of drug-likeness (QED) is 0.459. The molecule has 0 spiro atoms. The van der Waals surface area contributed by atoms with Gasteiger partial charge in [-0.25, -0.2) is 0 Å². The fourth-order valence-corrected chi connectivity index (χ4v) is 2.92. The van der Waals surface area contributed by atoms with E-state index in [2.05, 4.69) is 16.0 Å². The molecule has 0 aliphatic heterocycles. The number of amides is 2. The third kappa shape index (κ3) is 6.68. The number of rotatable bonds is 8. The number of nitrogens with one attached hydrogen (secondary N) is 3. The summed E-state index contributed by atoms with van der Waals surface area (Å²) in [5.74, 6) is 0.683. The maximum Gasteiger partial charge on any atom is 0.257 e. The average Bonchev–Trinajstić information content (AvgIpc) is 3.30. The first-order valence-electron chi connectivity index (χ1n) is 9.81. The maximum atomic E-state index is 12.5. The first-order valence-corrected chi connectivity index (χ1v) is 10.2. The highest BCUT2D eigenvalue weighted by Gasteiger charge is 2.11. The van der Waals surface area contributed by atoms with Crippen LogP contribution in [0.2, 0.25) is 0 Å². The lowest BCUT2D eigenvalue weighted by Crippen LogP contribution is -2.34. The Labute approximate surface area is 185 Å². The highest BCUT2D eigenvalue weighted by Crippen LogP contribution is 2.14. The van der Waals surface area contributed by atoms with Crippen molar-refractivity contribution in [2.75, 3.05) is 11.9 Å². The Morgan fingerprint density at radius 3 is 2.52 bits per heavy atom. The van der Waals surface area contributed by atoms with Gasteiger partial charge < -0.3 is 19.8 Å². The molecule has 0 aliphatic carbocycles. The van der Waals surface area contributed by atoms with Crippen molar-refractivity contribution in [2.45, 2.75) is 19.9 Å². The van der Waals surface area contributed by atoms with Gasteiger partial charge in [0.15, 0.2) is 5.11 Å². The van der Waals surface area contributed by atoms with E-state index in [1.165, 1.54) is 0 Å². The van der Waals surface area contributed by atoms with Gasteiger partial charge in [0.25, 0.3) is 11.8 Å². The monoisotopic (exact) mass is 437 g/mol. The molecule has 7 nitrogen and oxygen atoms in total. The molecule has 3 N–H and O–H groups in total. The van der Waals surface area contributed by atoms with E-state index < -0.39 is 0 Å². The molecular weight excluding hydrogens is 414 g/mol. The highest BCUT2D eigenvalue weighted by molar-refractivity contribution is 7.80. The van der Waals surface area contributed by atoms with Crippen molar-refractivity contribution in [3.8, 4) is 5.75 Å². The number of thiocarbonyl (C=S) groups is 1. The molecule has 0 radical (unpaired) electrons. The third-order valence-corrected chi connectivity index (χ3v) is 4.39. The number of furan rings is 1. The molecule has 0 unspecified atom stereocenters. The number of carbonyl (C=O) groups is 2. The highest BCUT2D eigenvalue weighted by atomic mass is 32.1. The molecule has 0 aliphatic rings. The standard InChI is InChI=1S/C23H23N3O4S/c1-2-11-29-19-9-4-7-17(14-19)22(28)26-23(31)25-18-8-3-6-16(13-18)21(27)24-15-20-10-5-12-30-20/h3-10,12-14H,2,11,15H2,1H3,(H,24,27)(H2,25,26,28,31). The summed E-state index contributed by atoms with van der Waals surface area (Å²) in [5, 5.41) is 8.46. The molecule has 0 saturated carbocycles. The van der Waals surface area contributed by atoms with Gasteiger partial charge in [0, 0.05) is 16.8 Å². The van der Waals surface area contributed by atoms with Gasteiger partial charge in [-0.05, 0) is 67.2 Å². The molecule has 160 valence electrons. The molecule has 0 bridgehead atoms. The van der Waals surface area contributed by atoms with Crippen LogP contribution in [0.25, 0.3) is 0 Å². The number of ether oxygens (including phenoxy) is 1. The minimum absolute atomic E-state index is 0.123. The van der Waals surface area contributed by atoms with Crippen molar-refractivity contribution in [2.24, 2.45) is 0 Å². The summed E-state index contributed by atoms with van der Waals surface area (Å²) in [5.41, 5.74) is 1.46. The zero-order chi connectivity index (χ0) is 22.1. The van der Waals surface area contributed by atoms with Crippen molar-refractivity contribution >= 4 is 34.8 Å². The van der Waals surface area contributed by atoms with Crippen LogP contribution >= 0.6 is 12.2 Å². The first-order chi connectivity index (χ1) is 15.0. The van der Waals surface area contributed by atoms with Gasteiger partial charge in [-0.1, -0.05) is 19.1 Å². The zero-order valence-electron chi connectivity index (χ0n) is 17.0. The number of carbonyl (C=O) groups excluding carboxylic acids is 2. The summed E-state index contributed by atoms with van der Waals surface area (Å²) in [6, 6.07) is 17.2. The fourth-order valence-electron chi connectivity index (χ4n) is 2.71. The van der Waals surface area contributed by atoms with Crippen molar-refractivity contribution in [3.63, 3.8) is 0 Å². The molecule has 1 aromatic heterocycles. The summed E-state index contributed by atoms with van der Waals surface area (Å²) in [6.07, 6.45) is 2.43. The smallest absolute Gasteiger partial charge is 0.257 e. The van der Waals surface area contributed by atoms with Gasteiger partial charge in [0.1, 0.15) is 11.5 Å². The van der Waals surface area contributed by atoms with Crippen LogP contribution in [-0.4, -0.2) is 23.5 Å². The normalized spacial score (nSPS) is 10.2. The Morgan fingerprint density at radius 1 is 1.00 bits per heavy atom. The first kappa shape index (κ1) is 22.0. The van der Waals surface area contributed by atoms with Crippen molar-refractivity contribution < 1.29 is 18.7 Å². The molecule has 1 heterocycles. The van der Waals surface area contributed by atoms with Crippen LogP contribution in [-0.2, 0) is 6.54 Å². The predicted molar refractivity (Wildman–Crippen MR) is 122 cm³/mol. The SMILES string of the molecule is CCCOc1cccc(C(=O)NC(=S)Nc2cccc(C(=O)NCc3ccco3)c2)c1. The summed E-state index contributed by atoms with van der Waals surface area (Å²) in [4.78, 5) is 24.8. The molecule has 8 heteroatoms. The van der Waals surface area contributed by atoms with Gasteiger partial charge >= 0.3 is 0 Å². The summed E-state index contributed by atoms with van der Waals surface area (Å²) >= 11 is 5.24. The lowest BCUT2D eigenvalue weighted by molar-refractivity contribution is 0.0946. The van der Waals surface area contributed by atoms with Crippen molar-refractivity contribution in [1.82, 2.24) is 10.6 Å². The van der Waals surface area contributed by atoms with Crippen LogP contribution in [0.15, 0.2) is 71.3 Å². The van der Waals surface area contributed by atoms with Crippen LogP contribution in [0.3, 0.4) is 0 Å². The van der Waals surface area contributed by atoms with E-state index in [0.29, 0.717) is 41.5 Å². The van der Waals surface area contributed by atoms with Crippen LogP contribution in [0, 0.1) is 0 Å². The maximum absolute atomic E-state index is 12.5. The molecule has 0 atom stereocenters. The second kappa shape index (κ2) is 10.9. The van der Waals surface area contributed by atoms with E-state index in [9.17, 15) is 9.59 Å². The summed E-state index contributed by atoms with van der Waals surface area (Å²) in [6.45, 7) is 2.88. The van der Waals surface area contributed by atoms with Crippen LogP contribution in [0.5, 0.6) is 5.75 Å². The minimum atomic E-state index is -0.355. The number of anilines is 1. The molecule has 2 amide bonds. The molecule has 3 rings (SSSR count). The Kier molecular flexibility index (Phi) is 7.78. The van der Waals surface area contributed by atoms with Crippen LogP contribution in [0.1, 0.15) is 39.8 Å². The van der Waals surface area contributed by atoms with Gasteiger partial charge in [0.05, 0.1) is 19.4 Å². The van der Waals surface area contributed by atoms with Gasteiger partial charge in [-0.3, -0.25) is 14.9 Å². The lowest BCUT2D eigenvalue weighted by Gasteiger charge is -2.11. The summed E-state index contributed by atoms with van der Waals surface area (Å²) in [7, 11) is 0. The van der Waals surface area contributed by atoms with E-state index in [4.69, 9.17) is 21.4 Å². The van der Waals surface area contributed by atoms with Crippen molar-refractivity contribution in [1.29, 1.82) is 0 Å². The van der Waals surface area contributed by atoms with E-state index in [0.717, 1.165) is 6.42 Å². The van der Waals surface area contributed by atoms with Crippen LogP contribution < -0.4 is 20.7 Å². The number of hydrogen-bond acceptors (Lipinski definition) is 5. The van der Waals surface area contributed by atoms with E-state index in [1.54, 1.807) is 66.9 Å². The van der Waals surface area contributed by atoms with Gasteiger partial charge in [-0.2, -0.15) is 0 Å². The van der Waals surface area contributed by atoms with Gasteiger partial charge in [-0.15, -0.1) is 0 Å². The number of benzene rings is 2. The molecular formula is C23H23N3O4S. The van der Waals surface area contributed by atoms with Gasteiger partial charge in [0.2, 0.25) is 0 Å². The predicted octanol–water partition coefficient (Wildman–Crippen LogP) is 4.13. The molecule has 0 fully saturated rings. The Bertz CT molecular complexity index is 1050. The Hall–Kier alpha value is -3.65. The molecule has 0 saturated heterocycles. The largest absolute Gasteiger partial charge is 0.494 e. The van der Waals surface area contributed by atoms with Crippen molar-refractivity contribution in [3.05, 3.63) is 83.8 Å². The molecule has 3 aromatic rings. The van der Waals surface area contributed by atoms with E-state index >= 15 is 0 Å². The molecule has 31 heavy (non-hydrogen) atoms.